The van der Waals surface area contributed by atoms with Crippen LogP contribution in [-0.4, -0.2) is 38.2 Å². The fourth-order valence-electron chi connectivity index (χ4n) is 1.60. The fraction of sp³-hybridized carbons (Fsp3) is 1.00. The summed E-state index contributed by atoms with van der Waals surface area (Å²) in [6.07, 6.45) is 6.63. The first-order chi connectivity index (χ1) is 6.12. The van der Waals surface area contributed by atoms with Crippen LogP contribution in [0.25, 0.3) is 0 Å². The molecule has 0 atom stereocenters. The van der Waals surface area contributed by atoms with E-state index < -0.39 is 0 Å². The molecule has 0 unspecified atom stereocenters. The largest absolute Gasteiger partial charge is 1.00 e. The van der Waals surface area contributed by atoms with Crippen LogP contribution in [0.15, 0.2) is 0 Å². The number of hydrogen-bond acceptors (Lipinski definition) is 1. The van der Waals surface area contributed by atoms with E-state index in [1.54, 1.807) is 0 Å². The third-order valence-corrected chi connectivity index (χ3v) is 2.58. The maximum Gasteiger partial charge on any atom is 0.0794 e. The molecular weight excluding hydrogens is 196 g/mol. The van der Waals surface area contributed by atoms with E-state index in [1.165, 1.54) is 38.8 Å². The normalized spacial score (nSPS) is 11.1. The van der Waals surface area contributed by atoms with Gasteiger partial charge in [-0.15, -0.1) is 0 Å². The summed E-state index contributed by atoms with van der Waals surface area (Å²) in [5, 5.41) is 0. The van der Waals surface area contributed by atoms with Gasteiger partial charge in [-0.2, -0.15) is 0 Å². The molecule has 0 amide bonds. The zero-order chi connectivity index (χ0) is 10.2. The third kappa shape index (κ3) is 10.3. The summed E-state index contributed by atoms with van der Waals surface area (Å²) in [5.41, 5.74) is 5.50. The van der Waals surface area contributed by atoms with Gasteiger partial charge in [-0.3, -0.25) is 0 Å². The van der Waals surface area contributed by atoms with Crippen molar-refractivity contribution in [1.29, 1.82) is 0 Å². The molecule has 0 saturated heterocycles. The zero-order valence-corrected chi connectivity index (χ0v) is 10.8. The minimum absolute atomic E-state index is 0. The first-order valence-corrected chi connectivity index (χ1v) is 5.64. The van der Waals surface area contributed by atoms with Crippen molar-refractivity contribution < 1.29 is 16.9 Å². The lowest BCUT2D eigenvalue weighted by molar-refractivity contribution is -0.890. The van der Waals surface area contributed by atoms with Crippen LogP contribution in [0.1, 0.15) is 39.0 Å². The summed E-state index contributed by atoms with van der Waals surface area (Å²) >= 11 is 0. The Hall–Kier alpha value is 0.210. The number of hydrogen-bond donors (Lipinski definition) is 1. The summed E-state index contributed by atoms with van der Waals surface area (Å²) in [4.78, 5) is 0. The maximum absolute atomic E-state index is 5.50. The fourth-order valence-corrected chi connectivity index (χ4v) is 1.60. The van der Waals surface area contributed by atoms with E-state index in [9.17, 15) is 0 Å². The lowest BCUT2D eigenvalue weighted by Crippen LogP contribution is -3.00. The summed E-state index contributed by atoms with van der Waals surface area (Å²) in [6.45, 7) is 5.62. The van der Waals surface area contributed by atoms with Gasteiger partial charge in [-0.05, 0) is 19.4 Å². The molecule has 0 rings (SSSR count). The van der Waals surface area contributed by atoms with Crippen LogP contribution in [0, 0.1) is 0 Å². The highest BCUT2D eigenvalue weighted by Gasteiger charge is 2.12. The molecule has 0 aromatic carbocycles. The molecule has 0 fully saturated rings. The van der Waals surface area contributed by atoms with Gasteiger partial charge in [0.05, 0.1) is 27.2 Å². The molecule has 2 nitrogen and oxygen atoms in total. The number of quaternary nitrogens is 1. The predicted octanol–water partition coefficient (Wildman–Crippen LogP) is -1.00. The molecule has 0 aliphatic rings. The molecule has 0 spiro atoms. The second kappa shape index (κ2) is 9.75. The number of unbranched alkanes of at least 4 members (excludes halogenated alkanes) is 3. The molecule has 0 aromatic rings. The first kappa shape index (κ1) is 16.6. The molecule has 0 saturated carbocycles. The van der Waals surface area contributed by atoms with Gasteiger partial charge in [-0.25, -0.2) is 0 Å². The van der Waals surface area contributed by atoms with Gasteiger partial charge < -0.3 is 22.6 Å². The van der Waals surface area contributed by atoms with Crippen molar-refractivity contribution in [3.63, 3.8) is 0 Å². The van der Waals surface area contributed by atoms with Gasteiger partial charge in [0.1, 0.15) is 0 Å². The zero-order valence-electron chi connectivity index (χ0n) is 10.1. The lowest BCUT2D eigenvalue weighted by Gasteiger charge is -2.29. The Balaban J connectivity index is 0. The molecule has 2 N–H and O–H groups in total. The van der Waals surface area contributed by atoms with Crippen LogP contribution >= 0.6 is 0 Å². The standard InChI is InChI=1S/C11H27N2.ClH/c1-4-5-6-7-10-13(2,3)11-8-9-12;/h4-12H2,1-3H3;1H/q+1;/p-1. The topological polar surface area (TPSA) is 26.0 Å². The van der Waals surface area contributed by atoms with Crippen LogP contribution in [0.4, 0.5) is 0 Å². The van der Waals surface area contributed by atoms with Crippen molar-refractivity contribution in [3.8, 4) is 0 Å². The quantitative estimate of drug-likeness (QED) is 0.414. The van der Waals surface area contributed by atoms with Gasteiger partial charge in [0.2, 0.25) is 0 Å². The van der Waals surface area contributed by atoms with Crippen molar-refractivity contribution in [2.45, 2.75) is 39.0 Å². The summed E-state index contributed by atoms with van der Waals surface area (Å²) in [6, 6.07) is 0. The Kier molecular flexibility index (Phi) is 11.6. The third-order valence-electron chi connectivity index (χ3n) is 2.58. The van der Waals surface area contributed by atoms with E-state index in [4.69, 9.17) is 5.73 Å². The summed E-state index contributed by atoms with van der Waals surface area (Å²) in [7, 11) is 4.61. The van der Waals surface area contributed by atoms with Crippen molar-refractivity contribution in [3.05, 3.63) is 0 Å². The smallest absolute Gasteiger partial charge is 0.0794 e. The SMILES string of the molecule is CCCCCC[N+](C)(C)CCCN.[Cl-]. The van der Waals surface area contributed by atoms with E-state index >= 15 is 0 Å². The molecule has 0 aliphatic heterocycles. The molecule has 3 heteroatoms. The average molecular weight is 223 g/mol. The van der Waals surface area contributed by atoms with Crippen molar-refractivity contribution in [2.75, 3.05) is 33.7 Å². The molecular formula is C11H27ClN2. The van der Waals surface area contributed by atoms with Crippen LogP contribution in [0.5, 0.6) is 0 Å². The second-order valence-corrected chi connectivity index (χ2v) is 4.59. The molecule has 0 radical (unpaired) electrons. The van der Waals surface area contributed by atoms with E-state index in [1.807, 2.05) is 0 Å². The summed E-state index contributed by atoms with van der Waals surface area (Å²) in [5.74, 6) is 0. The van der Waals surface area contributed by atoms with Crippen LogP contribution < -0.4 is 18.1 Å². The summed E-state index contributed by atoms with van der Waals surface area (Å²) < 4.78 is 1.14. The monoisotopic (exact) mass is 222 g/mol. The highest BCUT2D eigenvalue weighted by atomic mass is 35.5. The highest BCUT2D eigenvalue weighted by molar-refractivity contribution is 4.42. The van der Waals surface area contributed by atoms with Crippen molar-refractivity contribution in [1.82, 2.24) is 0 Å². The van der Waals surface area contributed by atoms with Gasteiger partial charge in [0.15, 0.2) is 0 Å². The Morgan fingerprint density at radius 3 is 2.00 bits per heavy atom. The van der Waals surface area contributed by atoms with Crippen LogP contribution in [0.3, 0.4) is 0 Å². The molecule has 0 aromatic heterocycles. The Morgan fingerprint density at radius 2 is 1.50 bits per heavy atom. The van der Waals surface area contributed by atoms with E-state index in [-0.39, 0.29) is 12.4 Å². The van der Waals surface area contributed by atoms with Gasteiger partial charge in [0.25, 0.3) is 0 Å². The molecule has 0 aliphatic carbocycles. The van der Waals surface area contributed by atoms with E-state index in [2.05, 4.69) is 21.0 Å². The van der Waals surface area contributed by atoms with Gasteiger partial charge >= 0.3 is 0 Å². The molecule has 88 valence electrons. The Labute approximate surface area is 95.9 Å². The predicted molar refractivity (Wildman–Crippen MR) is 59.7 cm³/mol. The minimum atomic E-state index is 0. The van der Waals surface area contributed by atoms with E-state index in [0.717, 1.165) is 17.4 Å². The molecule has 0 bridgehead atoms. The second-order valence-electron chi connectivity index (χ2n) is 4.59. The number of halogens is 1. The maximum atomic E-state index is 5.50. The number of nitrogens with zero attached hydrogens (tertiary/aromatic N) is 1. The van der Waals surface area contributed by atoms with Gasteiger partial charge in [-0.1, -0.05) is 19.8 Å². The van der Waals surface area contributed by atoms with Crippen molar-refractivity contribution >= 4 is 0 Å². The van der Waals surface area contributed by atoms with Crippen LogP contribution in [-0.2, 0) is 0 Å². The Bertz CT molecular complexity index is 116. The number of nitrogens with two attached hydrogens (primary N) is 1. The minimum Gasteiger partial charge on any atom is -1.00 e. The first-order valence-electron chi connectivity index (χ1n) is 5.64. The van der Waals surface area contributed by atoms with Crippen molar-refractivity contribution in [2.24, 2.45) is 5.73 Å². The highest BCUT2D eigenvalue weighted by Crippen LogP contribution is 2.05. The Morgan fingerprint density at radius 1 is 0.929 bits per heavy atom. The van der Waals surface area contributed by atoms with E-state index in [0.29, 0.717) is 0 Å². The van der Waals surface area contributed by atoms with Crippen LogP contribution in [0.2, 0.25) is 0 Å². The lowest BCUT2D eigenvalue weighted by atomic mass is 10.2. The average Bonchev–Trinajstić information content (AvgIpc) is 2.09. The molecule has 0 heterocycles. The number of rotatable bonds is 8. The molecule has 14 heavy (non-hydrogen) atoms. The van der Waals surface area contributed by atoms with Gasteiger partial charge in [0, 0.05) is 6.42 Å².